The van der Waals surface area contributed by atoms with Gasteiger partial charge in [0, 0.05) is 11.6 Å². The first-order valence-electron chi connectivity index (χ1n) is 12.9. The number of carbonyl (C=O) groups excluding carboxylic acids is 1. The standard InChI is InChI=1S/C28H32N4O2/c1-16-29-24-4-2-20(14-25(24)30-16)19-3-5-26-23(13-19)15-32(6-7-34-26)28(33)31-27-21-9-17-8-18(11-21)12-22(27)10-17/h2-5,13-14,17-18,21-22,27H,6-12,15H2,1H3,(H,29,30)(H,31,33). The molecule has 0 radical (unpaired) electrons. The Labute approximate surface area is 200 Å². The van der Waals surface area contributed by atoms with Crippen molar-refractivity contribution in [2.75, 3.05) is 13.2 Å². The third-order valence-corrected chi connectivity index (χ3v) is 8.78. The highest BCUT2D eigenvalue weighted by Gasteiger charge is 2.48. The normalized spacial score (nSPS) is 29.6. The Morgan fingerprint density at radius 3 is 2.56 bits per heavy atom. The van der Waals surface area contributed by atoms with E-state index in [1.807, 2.05) is 17.9 Å². The fourth-order valence-electron chi connectivity index (χ4n) is 7.46. The number of urea groups is 1. The molecule has 0 saturated heterocycles. The van der Waals surface area contributed by atoms with Crippen molar-refractivity contribution in [3.8, 4) is 16.9 Å². The smallest absolute Gasteiger partial charge is 0.318 e. The van der Waals surface area contributed by atoms with Gasteiger partial charge in [0.2, 0.25) is 0 Å². The van der Waals surface area contributed by atoms with E-state index in [4.69, 9.17) is 4.74 Å². The maximum atomic E-state index is 13.4. The van der Waals surface area contributed by atoms with Gasteiger partial charge in [-0.1, -0.05) is 12.1 Å². The molecule has 34 heavy (non-hydrogen) atoms. The molecule has 2 aromatic carbocycles. The van der Waals surface area contributed by atoms with E-state index in [2.05, 4.69) is 45.6 Å². The van der Waals surface area contributed by atoms with Crippen LogP contribution in [-0.4, -0.2) is 40.1 Å². The average molecular weight is 457 g/mol. The first-order chi connectivity index (χ1) is 16.6. The number of nitrogens with one attached hydrogen (secondary N) is 2. The fourth-order valence-corrected chi connectivity index (χ4v) is 7.46. The molecule has 0 atom stereocenters. The Morgan fingerprint density at radius 1 is 1.03 bits per heavy atom. The van der Waals surface area contributed by atoms with Crippen LogP contribution in [0, 0.1) is 30.6 Å². The third kappa shape index (κ3) is 3.46. The van der Waals surface area contributed by atoms with Crippen LogP contribution in [0.3, 0.4) is 0 Å². The van der Waals surface area contributed by atoms with Crippen LogP contribution in [0.15, 0.2) is 36.4 Å². The highest BCUT2D eigenvalue weighted by molar-refractivity contribution is 5.82. The molecule has 8 rings (SSSR count). The van der Waals surface area contributed by atoms with Crippen LogP contribution in [0.5, 0.6) is 5.75 Å². The third-order valence-electron chi connectivity index (χ3n) is 8.78. The minimum Gasteiger partial charge on any atom is -0.491 e. The van der Waals surface area contributed by atoms with Crippen LogP contribution in [0.25, 0.3) is 22.2 Å². The number of fused-ring (bicyclic) bond motifs is 2. The zero-order chi connectivity index (χ0) is 22.8. The molecular formula is C28H32N4O2. The number of rotatable bonds is 2. The molecule has 4 fully saturated rings. The summed E-state index contributed by atoms with van der Waals surface area (Å²) in [5.41, 5.74) is 5.34. The molecular weight excluding hydrogens is 424 g/mol. The maximum Gasteiger partial charge on any atom is 0.318 e. The quantitative estimate of drug-likeness (QED) is 0.552. The minimum absolute atomic E-state index is 0.0775. The van der Waals surface area contributed by atoms with Crippen LogP contribution in [-0.2, 0) is 6.54 Å². The molecule has 4 aliphatic carbocycles. The molecule has 2 N–H and O–H groups in total. The Kier molecular flexibility index (Phi) is 4.64. The molecule has 6 heteroatoms. The topological polar surface area (TPSA) is 70.2 Å². The lowest BCUT2D eigenvalue weighted by Crippen LogP contribution is -2.58. The van der Waals surface area contributed by atoms with Gasteiger partial charge in [0.1, 0.15) is 18.2 Å². The maximum absolute atomic E-state index is 13.4. The van der Waals surface area contributed by atoms with Crippen LogP contribution in [0.1, 0.15) is 43.5 Å². The summed E-state index contributed by atoms with van der Waals surface area (Å²) in [6.45, 7) is 3.69. The van der Waals surface area contributed by atoms with Crippen LogP contribution < -0.4 is 10.1 Å². The summed E-state index contributed by atoms with van der Waals surface area (Å²) in [6, 6.07) is 13.1. The summed E-state index contributed by atoms with van der Waals surface area (Å²) in [5.74, 6) is 5.00. The van der Waals surface area contributed by atoms with Crippen LogP contribution >= 0.6 is 0 Å². The summed E-state index contributed by atoms with van der Waals surface area (Å²) in [7, 11) is 0. The number of hydrogen-bond donors (Lipinski definition) is 2. The van der Waals surface area contributed by atoms with Gasteiger partial charge in [0.15, 0.2) is 0 Å². The number of hydrogen-bond acceptors (Lipinski definition) is 3. The Balaban J connectivity index is 1.11. The lowest BCUT2D eigenvalue weighted by molar-refractivity contribution is -0.0111. The molecule has 6 nitrogen and oxygen atoms in total. The zero-order valence-corrected chi connectivity index (χ0v) is 19.7. The second-order valence-electron chi connectivity index (χ2n) is 11.1. The van der Waals surface area contributed by atoms with Crippen molar-refractivity contribution in [3.05, 3.63) is 47.8 Å². The molecule has 0 spiro atoms. The van der Waals surface area contributed by atoms with Crippen molar-refractivity contribution in [1.82, 2.24) is 20.2 Å². The first-order valence-corrected chi connectivity index (χ1v) is 12.9. The van der Waals surface area contributed by atoms with Crippen LogP contribution in [0.4, 0.5) is 4.79 Å². The van der Waals surface area contributed by atoms with Crippen molar-refractivity contribution in [3.63, 3.8) is 0 Å². The molecule has 4 bridgehead atoms. The van der Waals surface area contributed by atoms with E-state index in [-0.39, 0.29) is 6.03 Å². The molecule has 3 aromatic rings. The number of H-pyrrole nitrogens is 1. The van der Waals surface area contributed by atoms with E-state index in [1.165, 1.54) is 32.1 Å². The molecule has 5 aliphatic rings. The van der Waals surface area contributed by atoms with E-state index in [0.717, 1.165) is 51.1 Å². The molecule has 1 aliphatic heterocycles. The highest BCUT2D eigenvalue weighted by Crippen LogP contribution is 2.53. The average Bonchev–Trinajstić information content (AvgIpc) is 3.06. The molecule has 1 aromatic heterocycles. The van der Waals surface area contributed by atoms with E-state index in [1.54, 1.807) is 0 Å². The second kappa shape index (κ2) is 7.76. The molecule has 2 amide bonds. The van der Waals surface area contributed by atoms with Crippen molar-refractivity contribution >= 4 is 17.1 Å². The Hall–Kier alpha value is -3.02. The van der Waals surface area contributed by atoms with Gasteiger partial charge in [-0.2, -0.15) is 0 Å². The zero-order valence-electron chi connectivity index (χ0n) is 19.7. The summed E-state index contributed by atoms with van der Waals surface area (Å²) < 4.78 is 6.04. The van der Waals surface area contributed by atoms with E-state index < -0.39 is 0 Å². The van der Waals surface area contributed by atoms with Crippen molar-refractivity contribution in [2.24, 2.45) is 23.7 Å². The monoisotopic (exact) mass is 456 g/mol. The fraction of sp³-hybridized carbons (Fsp3) is 0.500. The largest absolute Gasteiger partial charge is 0.491 e. The molecule has 2 heterocycles. The first kappa shape index (κ1) is 20.4. The minimum atomic E-state index is 0.0775. The van der Waals surface area contributed by atoms with Crippen LogP contribution in [0.2, 0.25) is 0 Å². The van der Waals surface area contributed by atoms with Gasteiger partial charge in [-0.25, -0.2) is 9.78 Å². The van der Waals surface area contributed by atoms with Gasteiger partial charge in [-0.05, 0) is 98.1 Å². The predicted octanol–water partition coefficient (Wildman–Crippen LogP) is 5.27. The number of aromatic nitrogens is 2. The second-order valence-corrected chi connectivity index (χ2v) is 11.1. The number of imidazole rings is 1. The van der Waals surface area contributed by atoms with Gasteiger partial charge >= 0.3 is 6.03 Å². The highest BCUT2D eigenvalue weighted by atomic mass is 16.5. The number of carbonyl (C=O) groups is 1. The SMILES string of the molecule is Cc1nc2ccc(-c3ccc4c(c3)CN(C(=O)NC3C5CC6CC(C5)CC3C6)CCO4)cc2[nH]1. The van der Waals surface area contributed by atoms with Crippen molar-refractivity contribution < 1.29 is 9.53 Å². The number of amides is 2. The van der Waals surface area contributed by atoms with Gasteiger partial charge < -0.3 is 19.9 Å². The molecule has 176 valence electrons. The summed E-state index contributed by atoms with van der Waals surface area (Å²) in [6.07, 6.45) is 6.69. The Morgan fingerprint density at radius 2 is 1.76 bits per heavy atom. The number of benzene rings is 2. The van der Waals surface area contributed by atoms with E-state index in [0.29, 0.717) is 37.6 Å². The number of aromatic amines is 1. The summed E-state index contributed by atoms with van der Waals surface area (Å²) >= 11 is 0. The lowest BCUT2D eigenvalue weighted by atomic mass is 9.54. The lowest BCUT2D eigenvalue weighted by Gasteiger charge is -2.54. The van der Waals surface area contributed by atoms with Gasteiger partial charge in [-0.15, -0.1) is 0 Å². The van der Waals surface area contributed by atoms with Crippen molar-refractivity contribution in [2.45, 2.75) is 51.6 Å². The molecule has 0 unspecified atom stereocenters. The van der Waals surface area contributed by atoms with E-state index >= 15 is 0 Å². The number of ether oxygens (including phenoxy) is 1. The van der Waals surface area contributed by atoms with Crippen molar-refractivity contribution in [1.29, 1.82) is 0 Å². The summed E-state index contributed by atoms with van der Waals surface area (Å²) in [5, 5.41) is 3.48. The number of aryl methyl sites for hydroxylation is 1. The van der Waals surface area contributed by atoms with Gasteiger partial charge in [0.05, 0.1) is 24.1 Å². The molecule has 4 saturated carbocycles. The van der Waals surface area contributed by atoms with Gasteiger partial charge in [-0.3, -0.25) is 0 Å². The Bertz CT molecular complexity index is 1240. The summed E-state index contributed by atoms with van der Waals surface area (Å²) in [4.78, 5) is 23.2. The van der Waals surface area contributed by atoms with Gasteiger partial charge in [0.25, 0.3) is 0 Å². The predicted molar refractivity (Wildman–Crippen MR) is 132 cm³/mol. The number of nitrogens with zero attached hydrogens (tertiary/aromatic N) is 2. The van der Waals surface area contributed by atoms with E-state index in [9.17, 15) is 4.79 Å².